The van der Waals surface area contributed by atoms with Gasteiger partial charge in [-0.2, -0.15) is 5.26 Å². The fourth-order valence-corrected chi connectivity index (χ4v) is 1.70. The molecular weight excluding hydrogens is 188 g/mol. The zero-order valence-corrected chi connectivity index (χ0v) is 9.60. The molecule has 80 valence electrons. The van der Waals surface area contributed by atoms with E-state index in [-0.39, 0.29) is 5.82 Å². The van der Waals surface area contributed by atoms with Gasteiger partial charge in [-0.1, -0.05) is 0 Å². The van der Waals surface area contributed by atoms with Gasteiger partial charge in [0.15, 0.2) is 0 Å². The van der Waals surface area contributed by atoms with Crippen molar-refractivity contribution in [3.63, 3.8) is 0 Å². The summed E-state index contributed by atoms with van der Waals surface area (Å²) >= 11 is 0. The van der Waals surface area contributed by atoms with E-state index in [0.29, 0.717) is 12.1 Å². The molecule has 1 aromatic heterocycles. The molecule has 15 heavy (non-hydrogen) atoms. The monoisotopic (exact) mass is 204 g/mol. The Bertz CT molecular complexity index is 340. The summed E-state index contributed by atoms with van der Waals surface area (Å²) in [5.41, 5.74) is 0.957. The molecule has 0 fully saturated rings. The van der Waals surface area contributed by atoms with Gasteiger partial charge < -0.3 is 4.90 Å². The fourth-order valence-electron chi connectivity index (χ4n) is 1.70. The van der Waals surface area contributed by atoms with Gasteiger partial charge in [-0.3, -0.25) is 0 Å². The minimum absolute atomic E-state index is 0.214. The molecular formula is C11H16N4. The zero-order valence-electron chi connectivity index (χ0n) is 9.60. The third-order valence-electron chi connectivity index (χ3n) is 2.15. The molecule has 0 spiro atoms. The molecule has 0 N–H and O–H groups in total. The molecule has 0 unspecified atom stereocenters. The first-order chi connectivity index (χ1) is 7.06. The highest BCUT2D eigenvalue weighted by Crippen LogP contribution is 2.17. The molecule has 0 aliphatic carbocycles. The molecule has 0 aliphatic rings. The van der Waals surface area contributed by atoms with Crippen LogP contribution in [-0.2, 0) is 0 Å². The summed E-state index contributed by atoms with van der Waals surface area (Å²) in [6.45, 7) is 8.49. The van der Waals surface area contributed by atoms with Crippen LogP contribution in [0.5, 0.6) is 0 Å². The highest BCUT2D eigenvalue weighted by molar-refractivity contribution is 5.44. The highest BCUT2D eigenvalue weighted by atomic mass is 15.2. The average Bonchev–Trinajstić information content (AvgIpc) is 2.18. The third-order valence-corrected chi connectivity index (χ3v) is 2.15. The minimum Gasteiger partial charge on any atom is -0.364 e. The number of nitriles is 1. The van der Waals surface area contributed by atoms with E-state index in [4.69, 9.17) is 5.26 Å². The van der Waals surface area contributed by atoms with E-state index in [1.165, 1.54) is 0 Å². The van der Waals surface area contributed by atoms with Crippen molar-refractivity contribution in [1.29, 1.82) is 5.26 Å². The normalized spacial score (nSPS) is 10.5. The number of anilines is 1. The smallest absolute Gasteiger partial charge is 0.232 e. The van der Waals surface area contributed by atoms with E-state index in [1.807, 2.05) is 6.07 Å². The largest absolute Gasteiger partial charge is 0.364 e. The van der Waals surface area contributed by atoms with Crippen LogP contribution in [-0.4, -0.2) is 22.1 Å². The molecule has 0 bridgehead atoms. The molecule has 1 rings (SSSR count). The van der Waals surface area contributed by atoms with Gasteiger partial charge in [-0.15, -0.1) is 0 Å². The van der Waals surface area contributed by atoms with E-state index < -0.39 is 0 Å². The van der Waals surface area contributed by atoms with Crippen molar-refractivity contribution >= 4 is 5.69 Å². The lowest BCUT2D eigenvalue weighted by atomic mass is 10.2. The van der Waals surface area contributed by atoms with Crippen LogP contribution >= 0.6 is 0 Å². The van der Waals surface area contributed by atoms with E-state index in [9.17, 15) is 0 Å². The molecule has 0 saturated heterocycles. The molecule has 0 aliphatic heterocycles. The van der Waals surface area contributed by atoms with Gasteiger partial charge in [0, 0.05) is 12.1 Å². The van der Waals surface area contributed by atoms with Gasteiger partial charge in [0.2, 0.25) is 5.82 Å². The van der Waals surface area contributed by atoms with Crippen molar-refractivity contribution in [2.45, 2.75) is 39.8 Å². The van der Waals surface area contributed by atoms with Crippen molar-refractivity contribution in [2.75, 3.05) is 4.90 Å². The maximum absolute atomic E-state index is 8.60. The standard InChI is InChI=1S/C11H16N4/c1-8(2)15(9(3)4)10-6-13-11(5-12)14-7-10/h6-9H,1-4H3. The first-order valence-electron chi connectivity index (χ1n) is 5.06. The van der Waals surface area contributed by atoms with Crippen molar-refractivity contribution in [3.05, 3.63) is 18.2 Å². The number of rotatable bonds is 3. The molecule has 0 aromatic carbocycles. The molecule has 0 atom stereocenters. The van der Waals surface area contributed by atoms with Crippen molar-refractivity contribution in [1.82, 2.24) is 9.97 Å². The fraction of sp³-hybridized carbons (Fsp3) is 0.545. The van der Waals surface area contributed by atoms with E-state index in [2.05, 4.69) is 42.6 Å². The van der Waals surface area contributed by atoms with Gasteiger partial charge in [-0.25, -0.2) is 9.97 Å². The Labute approximate surface area is 90.6 Å². The van der Waals surface area contributed by atoms with Gasteiger partial charge in [0.25, 0.3) is 0 Å². The lowest BCUT2D eigenvalue weighted by Gasteiger charge is -2.32. The van der Waals surface area contributed by atoms with Crippen LogP contribution in [0.2, 0.25) is 0 Å². The Morgan fingerprint density at radius 1 is 1.13 bits per heavy atom. The Balaban J connectivity index is 2.98. The second-order valence-electron chi connectivity index (χ2n) is 3.97. The summed E-state index contributed by atoms with van der Waals surface area (Å²) in [7, 11) is 0. The number of aromatic nitrogens is 2. The van der Waals surface area contributed by atoms with Crippen LogP contribution in [0.15, 0.2) is 12.4 Å². The summed E-state index contributed by atoms with van der Waals surface area (Å²) in [5, 5.41) is 8.60. The van der Waals surface area contributed by atoms with Gasteiger partial charge in [-0.05, 0) is 27.7 Å². The summed E-state index contributed by atoms with van der Waals surface area (Å²) in [6.07, 6.45) is 3.40. The first kappa shape index (κ1) is 11.4. The topological polar surface area (TPSA) is 52.8 Å². The van der Waals surface area contributed by atoms with Crippen LogP contribution in [0.4, 0.5) is 5.69 Å². The van der Waals surface area contributed by atoms with Crippen LogP contribution < -0.4 is 4.90 Å². The molecule has 0 amide bonds. The van der Waals surface area contributed by atoms with Gasteiger partial charge >= 0.3 is 0 Å². The van der Waals surface area contributed by atoms with Crippen molar-refractivity contribution < 1.29 is 0 Å². The van der Waals surface area contributed by atoms with E-state index in [1.54, 1.807) is 12.4 Å². The highest BCUT2D eigenvalue weighted by Gasteiger charge is 2.14. The van der Waals surface area contributed by atoms with Crippen LogP contribution in [0.3, 0.4) is 0 Å². The average molecular weight is 204 g/mol. The Morgan fingerprint density at radius 2 is 1.60 bits per heavy atom. The lowest BCUT2D eigenvalue weighted by Crippen LogP contribution is -2.37. The maximum atomic E-state index is 8.60. The summed E-state index contributed by atoms with van der Waals surface area (Å²) < 4.78 is 0. The number of nitrogens with zero attached hydrogens (tertiary/aromatic N) is 4. The minimum atomic E-state index is 0.214. The lowest BCUT2D eigenvalue weighted by molar-refractivity contribution is 0.605. The molecule has 1 aromatic rings. The summed E-state index contributed by atoms with van der Waals surface area (Å²) in [5.74, 6) is 0.214. The third kappa shape index (κ3) is 2.66. The molecule has 1 heterocycles. The zero-order chi connectivity index (χ0) is 11.4. The molecule has 4 nitrogen and oxygen atoms in total. The SMILES string of the molecule is CC(C)N(c1cnc(C#N)nc1)C(C)C. The Morgan fingerprint density at radius 3 is 1.93 bits per heavy atom. The Kier molecular flexibility index (Phi) is 3.62. The predicted octanol–water partition coefficient (Wildman–Crippen LogP) is 1.97. The predicted molar refractivity (Wildman–Crippen MR) is 59.5 cm³/mol. The summed E-state index contributed by atoms with van der Waals surface area (Å²) in [6, 6.07) is 2.69. The van der Waals surface area contributed by atoms with Crippen molar-refractivity contribution in [3.8, 4) is 6.07 Å². The molecule has 0 radical (unpaired) electrons. The molecule has 0 saturated carbocycles. The maximum Gasteiger partial charge on any atom is 0.232 e. The summed E-state index contributed by atoms with van der Waals surface area (Å²) in [4.78, 5) is 10.1. The van der Waals surface area contributed by atoms with Crippen LogP contribution in [0.1, 0.15) is 33.5 Å². The van der Waals surface area contributed by atoms with E-state index in [0.717, 1.165) is 5.69 Å². The van der Waals surface area contributed by atoms with Crippen molar-refractivity contribution in [2.24, 2.45) is 0 Å². The van der Waals surface area contributed by atoms with Crippen LogP contribution in [0, 0.1) is 11.3 Å². The molecule has 4 heteroatoms. The second kappa shape index (κ2) is 4.74. The second-order valence-corrected chi connectivity index (χ2v) is 3.97. The first-order valence-corrected chi connectivity index (χ1v) is 5.06. The quantitative estimate of drug-likeness (QED) is 0.755. The van der Waals surface area contributed by atoms with Gasteiger partial charge in [0.1, 0.15) is 6.07 Å². The number of hydrogen-bond donors (Lipinski definition) is 0. The van der Waals surface area contributed by atoms with Gasteiger partial charge in [0.05, 0.1) is 18.1 Å². The van der Waals surface area contributed by atoms with Crippen LogP contribution in [0.25, 0.3) is 0 Å². The van der Waals surface area contributed by atoms with E-state index >= 15 is 0 Å². The Hall–Kier alpha value is -1.63. The number of hydrogen-bond acceptors (Lipinski definition) is 4.